The van der Waals surface area contributed by atoms with Gasteiger partial charge in [0.1, 0.15) is 0 Å². The van der Waals surface area contributed by atoms with Gasteiger partial charge in [-0.15, -0.1) is 11.8 Å². The van der Waals surface area contributed by atoms with Gasteiger partial charge in [0.05, 0.1) is 12.1 Å². The zero-order chi connectivity index (χ0) is 12.1. The average molecular weight is 267 g/mol. The highest BCUT2D eigenvalue weighted by Crippen LogP contribution is 2.23. The van der Waals surface area contributed by atoms with Gasteiger partial charge in [0, 0.05) is 21.7 Å². The topological polar surface area (TPSA) is 35.8 Å². The molecule has 0 bridgehead atoms. The quantitative estimate of drug-likeness (QED) is 0.801. The molecule has 0 aromatic heterocycles. The van der Waals surface area contributed by atoms with Gasteiger partial charge >= 0.3 is 0 Å². The molecule has 17 heavy (non-hydrogen) atoms. The normalized spacial score (nSPS) is 16.5. The molecule has 1 saturated carbocycles. The lowest BCUT2D eigenvalue weighted by molar-refractivity contribution is 0.587. The number of hydrogen-bond donors (Lipinski definition) is 1. The van der Waals surface area contributed by atoms with Crippen LogP contribution in [0.15, 0.2) is 29.2 Å². The fourth-order valence-corrected chi connectivity index (χ4v) is 2.59. The number of nitrogens with one attached hydrogen (secondary N) is 1. The van der Waals surface area contributed by atoms with Crippen LogP contribution in [-0.2, 0) is 0 Å². The van der Waals surface area contributed by atoms with Crippen LogP contribution >= 0.6 is 23.4 Å². The van der Waals surface area contributed by atoms with E-state index in [9.17, 15) is 0 Å². The van der Waals surface area contributed by atoms with Crippen molar-refractivity contribution < 1.29 is 0 Å². The first kappa shape index (κ1) is 12.8. The van der Waals surface area contributed by atoms with Gasteiger partial charge in [0.15, 0.2) is 0 Å². The molecule has 0 saturated heterocycles. The Balaban J connectivity index is 1.70. The van der Waals surface area contributed by atoms with Crippen LogP contribution in [0.1, 0.15) is 19.3 Å². The highest BCUT2D eigenvalue weighted by molar-refractivity contribution is 7.99. The highest BCUT2D eigenvalue weighted by atomic mass is 35.5. The molecule has 1 atom stereocenters. The predicted molar refractivity (Wildman–Crippen MR) is 72.4 cm³/mol. The Morgan fingerprint density at radius 2 is 2.12 bits per heavy atom. The van der Waals surface area contributed by atoms with Gasteiger partial charge in [-0.1, -0.05) is 11.6 Å². The van der Waals surface area contributed by atoms with Crippen molar-refractivity contribution in [3.05, 3.63) is 29.3 Å². The van der Waals surface area contributed by atoms with Crippen LogP contribution in [0.2, 0.25) is 5.02 Å². The van der Waals surface area contributed by atoms with Crippen molar-refractivity contribution in [2.24, 2.45) is 0 Å². The zero-order valence-corrected chi connectivity index (χ0v) is 11.1. The van der Waals surface area contributed by atoms with Crippen molar-refractivity contribution >= 4 is 23.4 Å². The van der Waals surface area contributed by atoms with Crippen LogP contribution in [-0.4, -0.2) is 17.8 Å². The molecule has 90 valence electrons. The molecule has 0 radical (unpaired) electrons. The first-order valence-electron chi connectivity index (χ1n) is 5.82. The average Bonchev–Trinajstić information content (AvgIpc) is 3.14. The van der Waals surface area contributed by atoms with E-state index in [1.807, 2.05) is 24.3 Å². The van der Waals surface area contributed by atoms with E-state index in [2.05, 4.69) is 11.4 Å². The van der Waals surface area contributed by atoms with Crippen LogP contribution in [0.25, 0.3) is 0 Å². The van der Waals surface area contributed by atoms with Crippen molar-refractivity contribution in [1.82, 2.24) is 5.32 Å². The van der Waals surface area contributed by atoms with Crippen LogP contribution in [0.5, 0.6) is 0 Å². The predicted octanol–water partition coefficient (Wildman–Crippen LogP) is 3.47. The SMILES string of the molecule is N#CC(CCSc1ccc(Cl)cc1)NC1CC1. The smallest absolute Gasteiger partial charge is 0.0963 e. The molecule has 0 amide bonds. The fourth-order valence-electron chi connectivity index (χ4n) is 1.55. The highest BCUT2D eigenvalue weighted by Gasteiger charge is 2.24. The Kier molecular flexibility index (Phi) is 4.73. The Bertz CT molecular complexity index is 395. The van der Waals surface area contributed by atoms with E-state index in [1.165, 1.54) is 17.7 Å². The number of nitrogens with zero attached hydrogens (tertiary/aromatic N) is 1. The summed E-state index contributed by atoms with van der Waals surface area (Å²) in [6, 6.07) is 10.7. The van der Waals surface area contributed by atoms with Gasteiger partial charge < -0.3 is 0 Å². The maximum Gasteiger partial charge on any atom is 0.0963 e. The lowest BCUT2D eigenvalue weighted by Gasteiger charge is -2.09. The molecule has 0 heterocycles. The Hall–Kier alpha value is -0.690. The van der Waals surface area contributed by atoms with Crippen molar-refractivity contribution in [2.75, 3.05) is 5.75 Å². The second kappa shape index (κ2) is 6.30. The second-order valence-corrected chi connectivity index (χ2v) is 5.82. The summed E-state index contributed by atoms with van der Waals surface area (Å²) in [6.45, 7) is 0. The third-order valence-corrected chi connectivity index (χ3v) is 3.96. The summed E-state index contributed by atoms with van der Waals surface area (Å²) in [7, 11) is 0. The number of halogens is 1. The first-order valence-corrected chi connectivity index (χ1v) is 7.18. The molecule has 1 aromatic rings. The third-order valence-electron chi connectivity index (χ3n) is 2.66. The summed E-state index contributed by atoms with van der Waals surface area (Å²) in [5.41, 5.74) is 0. The number of hydrogen-bond acceptors (Lipinski definition) is 3. The maximum atomic E-state index is 9.00. The summed E-state index contributed by atoms with van der Waals surface area (Å²) >= 11 is 7.59. The molecule has 0 aliphatic heterocycles. The number of thioether (sulfide) groups is 1. The summed E-state index contributed by atoms with van der Waals surface area (Å²) < 4.78 is 0. The molecular weight excluding hydrogens is 252 g/mol. The van der Waals surface area contributed by atoms with Gasteiger partial charge in [0.25, 0.3) is 0 Å². The Morgan fingerprint density at radius 1 is 1.41 bits per heavy atom. The number of rotatable bonds is 6. The summed E-state index contributed by atoms with van der Waals surface area (Å²) in [4.78, 5) is 1.21. The van der Waals surface area contributed by atoms with Gasteiger partial charge in [-0.25, -0.2) is 0 Å². The lowest BCUT2D eigenvalue weighted by atomic mass is 10.2. The molecule has 1 aliphatic rings. The molecule has 2 rings (SSSR count). The van der Waals surface area contributed by atoms with Gasteiger partial charge in [-0.05, 0) is 43.5 Å². The summed E-state index contributed by atoms with van der Waals surface area (Å²) in [5, 5.41) is 13.1. The van der Waals surface area contributed by atoms with Crippen molar-refractivity contribution in [3.63, 3.8) is 0 Å². The van der Waals surface area contributed by atoms with E-state index in [4.69, 9.17) is 16.9 Å². The lowest BCUT2D eigenvalue weighted by Crippen LogP contribution is -2.29. The van der Waals surface area contributed by atoms with E-state index < -0.39 is 0 Å². The minimum Gasteiger partial charge on any atom is -0.299 e. The molecule has 4 heteroatoms. The van der Waals surface area contributed by atoms with Crippen LogP contribution in [0.3, 0.4) is 0 Å². The number of nitriles is 1. The molecule has 1 unspecified atom stereocenters. The van der Waals surface area contributed by atoms with Crippen LogP contribution < -0.4 is 5.32 Å². The Morgan fingerprint density at radius 3 is 2.71 bits per heavy atom. The van der Waals surface area contributed by atoms with E-state index in [1.54, 1.807) is 11.8 Å². The summed E-state index contributed by atoms with van der Waals surface area (Å²) in [5.74, 6) is 0.958. The van der Waals surface area contributed by atoms with E-state index >= 15 is 0 Å². The molecule has 0 spiro atoms. The van der Waals surface area contributed by atoms with Gasteiger partial charge in [0.2, 0.25) is 0 Å². The third kappa shape index (κ3) is 4.59. The second-order valence-electron chi connectivity index (χ2n) is 4.21. The summed E-state index contributed by atoms with van der Waals surface area (Å²) in [6.07, 6.45) is 3.34. The monoisotopic (exact) mass is 266 g/mol. The van der Waals surface area contributed by atoms with E-state index in [-0.39, 0.29) is 6.04 Å². The minimum absolute atomic E-state index is 0.00213. The van der Waals surface area contributed by atoms with Crippen LogP contribution in [0, 0.1) is 11.3 Å². The zero-order valence-electron chi connectivity index (χ0n) is 9.53. The van der Waals surface area contributed by atoms with Crippen LogP contribution in [0.4, 0.5) is 0 Å². The fraction of sp³-hybridized carbons (Fsp3) is 0.462. The van der Waals surface area contributed by atoms with Crippen molar-refractivity contribution in [3.8, 4) is 6.07 Å². The minimum atomic E-state index is 0.00213. The van der Waals surface area contributed by atoms with Gasteiger partial charge in [-0.3, -0.25) is 5.32 Å². The molecular formula is C13H15ClN2S. The standard InChI is InChI=1S/C13H15ClN2S/c14-10-1-5-13(6-2-10)17-8-7-12(9-15)16-11-3-4-11/h1-2,5-6,11-12,16H,3-4,7-8H2. The first-order chi connectivity index (χ1) is 8.28. The van der Waals surface area contributed by atoms with E-state index in [0.717, 1.165) is 17.2 Å². The largest absolute Gasteiger partial charge is 0.299 e. The Labute approximate surface area is 111 Å². The van der Waals surface area contributed by atoms with E-state index in [0.29, 0.717) is 6.04 Å². The molecule has 1 N–H and O–H groups in total. The van der Waals surface area contributed by atoms with Gasteiger partial charge in [-0.2, -0.15) is 5.26 Å². The maximum absolute atomic E-state index is 9.00. The molecule has 1 aliphatic carbocycles. The van der Waals surface area contributed by atoms with Crippen molar-refractivity contribution in [2.45, 2.75) is 36.2 Å². The molecule has 1 aromatic carbocycles. The molecule has 1 fully saturated rings. The number of benzene rings is 1. The van der Waals surface area contributed by atoms with Crippen molar-refractivity contribution in [1.29, 1.82) is 5.26 Å². The molecule has 2 nitrogen and oxygen atoms in total.